The minimum absolute atomic E-state index is 0. The fourth-order valence-corrected chi connectivity index (χ4v) is 12.5. The summed E-state index contributed by atoms with van der Waals surface area (Å²) < 4.78 is 5.79. The van der Waals surface area contributed by atoms with Gasteiger partial charge in [-0.2, -0.15) is 0 Å². The first-order valence-corrected chi connectivity index (χ1v) is 12.3. The van der Waals surface area contributed by atoms with Crippen LogP contribution in [0, 0.1) is 0 Å². The summed E-state index contributed by atoms with van der Waals surface area (Å²) in [5.41, 5.74) is 0. The van der Waals surface area contributed by atoms with Gasteiger partial charge in [0.05, 0.1) is 0 Å². The fraction of sp³-hybridized carbons (Fsp3) is 0. The summed E-state index contributed by atoms with van der Waals surface area (Å²) in [6.07, 6.45) is 0. The second-order valence-electron chi connectivity index (χ2n) is 6.01. The molecule has 0 aromatic heterocycles. The van der Waals surface area contributed by atoms with E-state index in [1.54, 1.807) is 0 Å². The molecule has 0 nitrogen and oxygen atoms in total. The van der Waals surface area contributed by atoms with Gasteiger partial charge in [0.1, 0.15) is 0 Å². The van der Waals surface area contributed by atoms with Gasteiger partial charge in [0.15, 0.2) is 0 Å². The first kappa shape index (κ1) is 18.9. The summed E-state index contributed by atoms with van der Waals surface area (Å²) in [6.45, 7) is 0. The quantitative estimate of drug-likeness (QED) is 0.270. The molecule has 0 unspecified atom stereocenters. The zero-order valence-corrected chi connectivity index (χ0v) is 18.4. The first-order valence-electron chi connectivity index (χ1n) is 8.54. The van der Waals surface area contributed by atoms with Crippen LogP contribution in [0.3, 0.4) is 0 Å². The SMILES string of the molecule is [I-].c1ccc([As+](c2ccccc2)(c2ccccc2)c2ccccc2)cc1. The molecule has 0 spiro atoms. The van der Waals surface area contributed by atoms with E-state index in [9.17, 15) is 0 Å². The third-order valence-corrected chi connectivity index (χ3v) is 13.6. The molecule has 0 amide bonds. The van der Waals surface area contributed by atoms with E-state index in [2.05, 4.69) is 121 Å². The molecular formula is C24H20AsI. The van der Waals surface area contributed by atoms with E-state index in [0.29, 0.717) is 0 Å². The Labute approximate surface area is 175 Å². The van der Waals surface area contributed by atoms with Crippen molar-refractivity contribution in [1.29, 1.82) is 0 Å². The van der Waals surface area contributed by atoms with Gasteiger partial charge in [-0.1, -0.05) is 0 Å². The van der Waals surface area contributed by atoms with E-state index in [1.165, 1.54) is 17.4 Å². The van der Waals surface area contributed by atoms with Crippen LogP contribution in [0.5, 0.6) is 0 Å². The van der Waals surface area contributed by atoms with Crippen molar-refractivity contribution < 1.29 is 24.0 Å². The Morgan fingerprint density at radius 3 is 0.692 bits per heavy atom. The summed E-state index contributed by atoms with van der Waals surface area (Å²) >= 11 is -2.77. The second kappa shape index (κ2) is 8.70. The van der Waals surface area contributed by atoms with Crippen LogP contribution in [-0.4, -0.2) is 13.6 Å². The van der Waals surface area contributed by atoms with Crippen molar-refractivity contribution in [2.45, 2.75) is 0 Å². The molecule has 0 aliphatic carbocycles. The van der Waals surface area contributed by atoms with E-state index in [1.807, 2.05) is 0 Å². The molecule has 0 N–H and O–H groups in total. The van der Waals surface area contributed by atoms with Gasteiger partial charge in [0, 0.05) is 0 Å². The molecule has 4 aromatic carbocycles. The van der Waals surface area contributed by atoms with E-state index < -0.39 is 13.6 Å². The summed E-state index contributed by atoms with van der Waals surface area (Å²) in [5, 5.41) is 0. The molecule has 0 aliphatic rings. The van der Waals surface area contributed by atoms with Crippen molar-refractivity contribution in [3.8, 4) is 0 Å². The number of rotatable bonds is 4. The molecule has 0 bridgehead atoms. The molecule has 4 aromatic rings. The Kier molecular flexibility index (Phi) is 6.34. The number of hydrogen-bond donors (Lipinski definition) is 0. The Hall–Kier alpha value is -1.83. The molecule has 2 heteroatoms. The van der Waals surface area contributed by atoms with Gasteiger partial charge in [0.2, 0.25) is 0 Å². The molecule has 0 saturated carbocycles. The maximum atomic E-state index is 2.31. The predicted octanol–water partition coefficient (Wildman–Crippen LogP) is 0.0680. The topological polar surface area (TPSA) is 0 Å². The first-order chi connectivity index (χ1) is 12.4. The normalized spacial score (nSPS) is 10.8. The van der Waals surface area contributed by atoms with Crippen LogP contribution in [0.1, 0.15) is 0 Å². The van der Waals surface area contributed by atoms with Crippen LogP contribution < -0.4 is 41.4 Å². The molecule has 0 heterocycles. The van der Waals surface area contributed by atoms with Crippen LogP contribution >= 0.6 is 0 Å². The molecule has 0 fully saturated rings. The molecule has 26 heavy (non-hydrogen) atoms. The van der Waals surface area contributed by atoms with Crippen molar-refractivity contribution in [2.24, 2.45) is 0 Å². The van der Waals surface area contributed by atoms with E-state index in [4.69, 9.17) is 0 Å². The van der Waals surface area contributed by atoms with Crippen molar-refractivity contribution >= 4 is 31.0 Å². The van der Waals surface area contributed by atoms with Gasteiger partial charge in [-0.3, -0.25) is 0 Å². The summed E-state index contributed by atoms with van der Waals surface area (Å²) in [6, 6.07) is 44.2. The predicted molar refractivity (Wildman–Crippen MR) is 110 cm³/mol. The van der Waals surface area contributed by atoms with Gasteiger partial charge in [-0.05, 0) is 0 Å². The molecule has 0 saturated heterocycles. The molecule has 4 rings (SSSR count). The van der Waals surface area contributed by atoms with Crippen LogP contribution in [0.25, 0.3) is 0 Å². The van der Waals surface area contributed by atoms with Gasteiger partial charge in [-0.15, -0.1) is 0 Å². The van der Waals surface area contributed by atoms with E-state index in [0.717, 1.165) is 0 Å². The van der Waals surface area contributed by atoms with Crippen LogP contribution in [-0.2, 0) is 0 Å². The van der Waals surface area contributed by atoms with E-state index in [-0.39, 0.29) is 24.0 Å². The van der Waals surface area contributed by atoms with Crippen molar-refractivity contribution in [3.05, 3.63) is 121 Å². The Morgan fingerprint density at radius 1 is 0.308 bits per heavy atom. The fourth-order valence-electron chi connectivity index (χ4n) is 3.50. The van der Waals surface area contributed by atoms with Crippen LogP contribution in [0.4, 0.5) is 0 Å². The average molecular weight is 510 g/mol. The van der Waals surface area contributed by atoms with E-state index >= 15 is 0 Å². The van der Waals surface area contributed by atoms with Gasteiger partial charge < -0.3 is 24.0 Å². The molecule has 0 atom stereocenters. The zero-order valence-electron chi connectivity index (χ0n) is 14.4. The zero-order chi connectivity index (χ0) is 17.0. The van der Waals surface area contributed by atoms with Crippen molar-refractivity contribution in [3.63, 3.8) is 0 Å². The Bertz CT molecular complexity index is 759. The Morgan fingerprint density at radius 2 is 0.500 bits per heavy atom. The third kappa shape index (κ3) is 3.39. The monoisotopic (exact) mass is 510 g/mol. The number of benzene rings is 4. The van der Waals surface area contributed by atoms with Crippen molar-refractivity contribution in [2.75, 3.05) is 0 Å². The van der Waals surface area contributed by atoms with Gasteiger partial charge in [-0.25, -0.2) is 0 Å². The number of halogens is 1. The van der Waals surface area contributed by atoms with Crippen LogP contribution in [0.15, 0.2) is 121 Å². The molecule has 0 aliphatic heterocycles. The summed E-state index contributed by atoms with van der Waals surface area (Å²) in [7, 11) is 0. The average Bonchev–Trinajstić information content (AvgIpc) is 2.72. The standard InChI is InChI=1S/C24H20As.HI/c1-5-13-21(14-6-1)25(22-15-7-2-8-16-22,23-17-9-3-10-18-23)24-19-11-4-12-20-24;/h1-20H;1H/q+1;/p-1. The van der Waals surface area contributed by atoms with Crippen molar-refractivity contribution in [1.82, 2.24) is 0 Å². The molecular weight excluding hydrogens is 490 g/mol. The van der Waals surface area contributed by atoms with Gasteiger partial charge in [0.25, 0.3) is 0 Å². The molecule has 128 valence electrons. The molecule has 0 radical (unpaired) electrons. The summed E-state index contributed by atoms with van der Waals surface area (Å²) in [4.78, 5) is 0. The minimum atomic E-state index is -2.77. The second-order valence-corrected chi connectivity index (χ2v) is 13.2. The maximum absolute atomic E-state index is 2.77. The number of hydrogen-bond acceptors (Lipinski definition) is 0. The van der Waals surface area contributed by atoms with Crippen LogP contribution in [0.2, 0.25) is 0 Å². The third-order valence-electron chi connectivity index (χ3n) is 4.57. The Balaban J connectivity index is 0.00000196. The summed E-state index contributed by atoms with van der Waals surface area (Å²) in [5.74, 6) is 0. The van der Waals surface area contributed by atoms with Gasteiger partial charge >= 0.3 is 152 Å².